The van der Waals surface area contributed by atoms with Crippen molar-refractivity contribution in [3.63, 3.8) is 0 Å². The summed E-state index contributed by atoms with van der Waals surface area (Å²) in [4.78, 5) is 26.9. The molecule has 4 heteroatoms. The Labute approximate surface area is 161 Å². The fourth-order valence-corrected chi connectivity index (χ4v) is 3.75. The van der Waals surface area contributed by atoms with Crippen molar-refractivity contribution in [2.75, 3.05) is 26.7 Å². The third-order valence-electron chi connectivity index (χ3n) is 5.24. The van der Waals surface area contributed by atoms with Gasteiger partial charge in [-0.25, -0.2) is 0 Å². The van der Waals surface area contributed by atoms with E-state index in [0.717, 1.165) is 43.6 Å². The highest BCUT2D eigenvalue weighted by Crippen LogP contribution is 2.21. The zero-order chi connectivity index (χ0) is 19.1. The van der Waals surface area contributed by atoms with Gasteiger partial charge in [0.15, 0.2) is 5.78 Å². The molecule has 2 aromatic carbocycles. The number of carbonyl (C=O) groups excluding carboxylic acids is 2. The minimum atomic E-state index is 0.0340. The quantitative estimate of drug-likeness (QED) is 0.761. The number of nitrogens with zero attached hydrogens (tertiary/aromatic N) is 1. The summed E-state index contributed by atoms with van der Waals surface area (Å²) in [6.45, 7) is 2.56. The van der Waals surface area contributed by atoms with E-state index in [1.165, 1.54) is 0 Å². The van der Waals surface area contributed by atoms with Crippen LogP contribution >= 0.6 is 0 Å². The van der Waals surface area contributed by atoms with Crippen LogP contribution in [0.15, 0.2) is 54.6 Å². The Hall–Kier alpha value is -2.46. The first-order valence-corrected chi connectivity index (χ1v) is 9.78. The number of nitrogens with one attached hydrogen (secondary N) is 1. The van der Waals surface area contributed by atoms with E-state index in [9.17, 15) is 9.59 Å². The maximum atomic E-state index is 12.5. The molecule has 0 aliphatic carbocycles. The van der Waals surface area contributed by atoms with Crippen LogP contribution in [0.4, 0.5) is 0 Å². The van der Waals surface area contributed by atoms with Gasteiger partial charge in [-0.05, 0) is 43.5 Å². The fourth-order valence-electron chi connectivity index (χ4n) is 3.75. The van der Waals surface area contributed by atoms with E-state index in [0.29, 0.717) is 17.9 Å². The number of ketones is 1. The number of carbonyl (C=O) groups is 2. The Morgan fingerprint density at radius 2 is 1.70 bits per heavy atom. The smallest absolute Gasteiger partial charge is 0.223 e. The maximum absolute atomic E-state index is 12.5. The molecule has 1 aliphatic heterocycles. The molecule has 0 aromatic heterocycles. The van der Waals surface area contributed by atoms with Crippen molar-refractivity contribution in [2.45, 2.75) is 25.7 Å². The zero-order valence-electron chi connectivity index (χ0n) is 16.0. The number of hydrogen-bond donors (Lipinski definition) is 1. The lowest BCUT2D eigenvalue weighted by molar-refractivity contribution is -0.132. The van der Waals surface area contributed by atoms with E-state index in [-0.39, 0.29) is 18.1 Å². The normalized spacial score (nSPS) is 16.9. The van der Waals surface area contributed by atoms with Crippen molar-refractivity contribution in [2.24, 2.45) is 5.92 Å². The van der Waals surface area contributed by atoms with Crippen molar-refractivity contribution in [1.82, 2.24) is 10.2 Å². The second kappa shape index (κ2) is 9.47. The van der Waals surface area contributed by atoms with Gasteiger partial charge in [0.05, 0.1) is 0 Å². The summed E-state index contributed by atoms with van der Waals surface area (Å²) in [5, 5.41) is 3.19. The molecule has 1 heterocycles. The van der Waals surface area contributed by atoms with Crippen molar-refractivity contribution in [1.29, 1.82) is 0 Å². The molecule has 3 rings (SSSR count). The summed E-state index contributed by atoms with van der Waals surface area (Å²) in [6.07, 6.45) is 2.78. The third-order valence-corrected chi connectivity index (χ3v) is 5.24. The van der Waals surface area contributed by atoms with Gasteiger partial charge in [0.2, 0.25) is 5.91 Å². The largest absolute Gasteiger partial charge is 0.342 e. The fraction of sp³-hybridized carbons (Fsp3) is 0.391. The van der Waals surface area contributed by atoms with Gasteiger partial charge >= 0.3 is 0 Å². The lowest BCUT2D eigenvalue weighted by Crippen LogP contribution is -2.42. The van der Waals surface area contributed by atoms with Crippen LogP contribution < -0.4 is 5.32 Å². The Bertz CT molecular complexity index is 754. The molecule has 0 spiro atoms. The molecule has 1 amide bonds. The first kappa shape index (κ1) is 19.3. The predicted octanol–water partition coefficient (Wildman–Crippen LogP) is 3.77. The second-order valence-corrected chi connectivity index (χ2v) is 7.27. The molecule has 0 saturated carbocycles. The van der Waals surface area contributed by atoms with Crippen LogP contribution in [0, 0.1) is 5.92 Å². The van der Waals surface area contributed by atoms with Gasteiger partial charge in [-0.2, -0.15) is 0 Å². The number of hydrogen-bond acceptors (Lipinski definition) is 3. The predicted molar refractivity (Wildman–Crippen MR) is 109 cm³/mol. The summed E-state index contributed by atoms with van der Waals surface area (Å²) in [5.41, 5.74) is 2.90. The topological polar surface area (TPSA) is 49.4 Å². The first-order valence-electron chi connectivity index (χ1n) is 9.78. The standard InChI is InChI=1S/C23H28N2O2/c1-24-16-18-6-5-15-25(17-18)23(27)14-13-22(26)21-11-9-20(10-12-21)19-7-3-2-4-8-19/h2-4,7-12,18,24H,5-6,13-17H2,1H3. The molecule has 27 heavy (non-hydrogen) atoms. The van der Waals surface area contributed by atoms with Crippen LogP contribution in [0.5, 0.6) is 0 Å². The van der Waals surface area contributed by atoms with Gasteiger partial charge < -0.3 is 10.2 Å². The molecule has 1 fully saturated rings. The monoisotopic (exact) mass is 364 g/mol. The molecule has 1 aliphatic rings. The average molecular weight is 364 g/mol. The van der Waals surface area contributed by atoms with E-state index in [1.54, 1.807) is 0 Å². The average Bonchev–Trinajstić information content (AvgIpc) is 2.73. The summed E-state index contributed by atoms with van der Waals surface area (Å²) >= 11 is 0. The van der Waals surface area contributed by atoms with E-state index >= 15 is 0 Å². The first-order chi connectivity index (χ1) is 13.2. The van der Waals surface area contributed by atoms with E-state index < -0.39 is 0 Å². The van der Waals surface area contributed by atoms with Crippen molar-refractivity contribution < 1.29 is 9.59 Å². The molecule has 0 bridgehead atoms. The number of amides is 1. The van der Waals surface area contributed by atoms with Gasteiger partial charge in [0.1, 0.15) is 0 Å². The van der Waals surface area contributed by atoms with Crippen LogP contribution in [0.2, 0.25) is 0 Å². The van der Waals surface area contributed by atoms with Crippen LogP contribution in [-0.2, 0) is 4.79 Å². The van der Waals surface area contributed by atoms with Gasteiger partial charge in [-0.3, -0.25) is 9.59 Å². The molecule has 1 atom stereocenters. The van der Waals surface area contributed by atoms with Crippen LogP contribution in [0.3, 0.4) is 0 Å². The number of rotatable bonds is 7. The van der Waals surface area contributed by atoms with Crippen LogP contribution in [-0.4, -0.2) is 43.3 Å². The summed E-state index contributed by atoms with van der Waals surface area (Å²) in [7, 11) is 1.95. The van der Waals surface area contributed by atoms with Crippen molar-refractivity contribution in [3.8, 4) is 11.1 Å². The van der Waals surface area contributed by atoms with Gasteiger partial charge in [0, 0.05) is 31.5 Å². The van der Waals surface area contributed by atoms with E-state index in [2.05, 4.69) is 17.4 Å². The molecule has 1 N–H and O–H groups in total. The summed E-state index contributed by atoms with van der Waals surface area (Å²) < 4.78 is 0. The maximum Gasteiger partial charge on any atom is 0.223 e. The number of Topliss-reactive ketones (excluding diaryl/α,β-unsaturated/α-hetero) is 1. The van der Waals surface area contributed by atoms with E-state index in [4.69, 9.17) is 0 Å². The molecular weight excluding hydrogens is 336 g/mol. The summed E-state index contributed by atoms with van der Waals surface area (Å²) in [6, 6.07) is 17.8. The summed E-state index contributed by atoms with van der Waals surface area (Å²) in [5.74, 6) is 0.658. The number of piperidine rings is 1. The third kappa shape index (κ3) is 5.27. The minimum absolute atomic E-state index is 0.0340. The van der Waals surface area contributed by atoms with Crippen molar-refractivity contribution in [3.05, 3.63) is 60.2 Å². The Morgan fingerprint density at radius 3 is 2.41 bits per heavy atom. The molecule has 0 radical (unpaired) electrons. The van der Waals surface area contributed by atoms with Gasteiger partial charge in [-0.15, -0.1) is 0 Å². The highest BCUT2D eigenvalue weighted by molar-refractivity contribution is 5.98. The van der Waals surface area contributed by atoms with Crippen LogP contribution in [0.1, 0.15) is 36.0 Å². The van der Waals surface area contributed by atoms with Crippen molar-refractivity contribution >= 4 is 11.7 Å². The Balaban J connectivity index is 1.52. The lowest BCUT2D eigenvalue weighted by Gasteiger charge is -2.32. The highest BCUT2D eigenvalue weighted by atomic mass is 16.2. The molecule has 1 saturated heterocycles. The van der Waals surface area contributed by atoms with E-state index in [1.807, 2.05) is 54.4 Å². The minimum Gasteiger partial charge on any atom is -0.342 e. The Morgan fingerprint density at radius 1 is 1.00 bits per heavy atom. The van der Waals surface area contributed by atoms with Crippen LogP contribution in [0.25, 0.3) is 11.1 Å². The molecular formula is C23H28N2O2. The Kier molecular flexibility index (Phi) is 6.77. The SMILES string of the molecule is CNCC1CCCN(C(=O)CCC(=O)c2ccc(-c3ccccc3)cc2)C1. The van der Waals surface area contributed by atoms with Gasteiger partial charge in [0.25, 0.3) is 0 Å². The zero-order valence-corrected chi connectivity index (χ0v) is 16.0. The molecule has 2 aromatic rings. The molecule has 1 unspecified atom stereocenters. The highest BCUT2D eigenvalue weighted by Gasteiger charge is 2.23. The molecule has 142 valence electrons. The number of likely N-dealkylation sites (tertiary alicyclic amines) is 1. The second-order valence-electron chi connectivity index (χ2n) is 7.27. The van der Waals surface area contributed by atoms with Gasteiger partial charge in [-0.1, -0.05) is 54.6 Å². The number of benzene rings is 2. The molecule has 4 nitrogen and oxygen atoms in total. The lowest BCUT2D eigenvalue weighted by atomic mass is 9.97.